The van der Waals surface area contributed by atoms with Crippen LogP contribution in [-0.2, 0) is 6.61 Å². The summed E-state index contributed by atoms with van der Waals surface area (Å²) in [5.41, 5.74) is 1.01. The number of nitrogens with zero attached hydrogens (tertiary/aromatic N) is 1. The first kappa shape index (κ1) is 21.0. The van der Waals surface area contributed by atoms with Gasteiger partial charge >= 0.3 is 6.03 Å². The van der Waals surface area contributed by atoms with E-state index in [0.29, 0.717) is 34.2 Å². The Morgan fingerprint density at radius 2 is 1.78 bits per heavy atom. The molecule has 1 aromatic heterocycles. The van der Waals surface area contributed by atoms with Gasteiger partial charge in [0.25, 0.3) is 0 Å². The highest BCUT2D eigenvalue weighted by Gasteiger charge is 2.13. The average molecular weight is 442 g/mol. The number of ether oxygens (including phenoxy) is 2. The maximum Gasteiger partial charge on any atom is 0.324 e. The van der Waals surface area contributed by atoms with Crippen molar-refractivity contribution < 1.29 is 27.4 Å². The predicted octanol–water partition coefficient (Wildman–Crippen LogP) is 5.21. The molecule has 0 aliphatic heterocycles. The number of hydrogen-bond donors (Lipinski definition) is 3. The summed E-state index contributed by atoms with van der Waals surface area (Å²) in [7, 11) is 1.52. The van der Waals surface area contributed by atoms with Crippen molar-refractivity contribution >= 4 is 28.4 Å². The second-order valence-corrected chi connectivity index (χ2v) is 6.74. The predicted molar refractivity (Wildman–Crippen MR) is 112 cm³/mol. The SMILES string of the molecule is COc1cccc(NC(=O)Nc2n[nH]c3ccc(OCc4cc(F)c(F)cc4F)cc23)c1. The normalized spacial score (nSPS) is 10.8. The molecule has 0 spiro atoms. The van der Waals surface area contributed by atoms with Crippen molar-refractivity contribution in [2.45, 2.75) is 6.61 Å². The summed E-state index contributed by atoms with van der Waals surface area (Å²) in [4.78, 5) is 12.4. The minimum Gasteiger partial charge on any atom is -0.497 e. The Morgan fingerprint density at radius 3 is 2.59 bits per heavy atom. The van der Waals surface area contributed by atoms with Gasteiger partial charge in [-0.05, 0) is 36.4 Å². The van der Waals surface area contributed by atoms with E-state index in [1.807, 2.05) is 0 Å². The Kier molecular flexibility index (Phi) is 5.84. The second-order valence-electron chi connectivity index (χ2n) is 6.74. The molecule has 164 valence electrons. The van der Waals surface area contributed by atoms with Gasteiger partial charge in [0.05, 0.1) is 12.6 Å². The van der Waals surface area contributed by atoms with E-state index in [1.54, 1.807) is 42.5 Å². The fourth-order valence-electron chi connectivity index (χ4n) is 2.98. The molecule has 0 aliphatic rings. The molecule has 1 heterocycles. The van der Waals surface area contributed by atoms with Gasteiger partial charge in [-0.2, -0.15) is 5.10 Å². The summed E-state index contributed by atoms with van der Waals surface area (Å²) < 4.78 is 50.9. The van der Waals surface area contributed by atoms with Crippen molar-refractivity contribution in [3.8, 4) is 11.5 Å². The van der Waals surface area contributed by atoms with Crippen LogP contribution in [0.25, 0.3) is 10.9 Å². The molecule has 7 nitrogen and oxygen atoms in total. The number of amides is 2. The van der Waals surface area contributed by atoms with Crippen molar-refractivity contribution in [2.24, 2.45) is 0 Å². The molecule has 2 amide bonds. The molecule has 0 bridgehead atoms. The number of benzene rings is 3. The standard InChI is InChI=1S/C22H17F3N4O3/c1-31-14-4-2-3-13(8-14)26-22(30)27-21-16-9-15(5-6-20(16)28-29-21)32-11-12-7-18(24)19(25)10-17(12)23/h2-10H,11H2,1H3,(H3,26,27,28,29,30). The van der Waals surface area contributed by atoms with Crippen LogP contribution in [0.5, 0.6) is 11.5 Å². The number of nitrogens with one attached hydrogen (secondary N) is 3. The zero-order valence-electron chi connectivity index (χ0n) is 16.7. The van der Waals surface area contributed by atoms with Crippen LogP contribution < -0.4 is 20.1 Å². The van der Waals surface area contributed by atoms with E-state index in [0.717, 1.165) is 6.07 Å². The van der Waals surface area contributed by atoms with Gasteiger partial charge < -0.3 is 14.8 Å². The minimum absolute atomic E-state index is 0.132. The topological polar surface area (TPSA) is 88.3 Å². The van der Waals surface area contributed by atoms with E-state index in [-0.39, 0.29) is 18.0 Å². The number of methoxy groups -OCH3 is 1. The molecule has 0 aliphatic carbocycles. The molecule has 10 heteroatoms. The molecular formula is C22H17F3N4O3. The Hall–Kier alpha value is -4.21. The van der Waals surface area contributed by atoms with E-state index >= 15 is 0 Å². The number of carbonyl (C=O) groups excluding carboxylic acids is 1. The van der Waals surface area contributed by atoms with Crippen LogP contribution in [0.2, 0.25) is 0 Å². The Bertz CT molecular complexity index is 1290. The molecule has 4 aromatic rings. The molecule has 0 radical (unpaired) electrons. The third-order valence-corrected chi connectivity index (χ3v) is 4.58. The number of hydrogen-bond acceptors (Lipinski definition) is 4. The number of rotatable bonds is 6. The lowest BCUT2D eigenvalue weighted by Crippen LogP contribution is -2.19. The largest absolute Gasteiger partial charge is 0.497 e. The van der Waals surface area contributed by atoms with Crippen molar-refractivity contribution in [1.82, 2.24) is 10.2 Å². The van der Waals surface area contributed by atoms with Crippen LogP contribution in [0, 0.1) is 17.5 Å². The molecule has 0 atom stereocenters. The van der Waals surface area contributed by atoms with Crippen molar-refractivity contribution in [3.63, 3.8) is 0 Å². The van der Waals surface area contributed by atoms with E-state index in [1.165, 1.54) is 7.11 Å². The Balaban J connectivity index is 1.47. The van der Waals surface area contributed by atoms with Crippen LogP contribution in [0.3, 0.4) is 0 Å². The number of urea groups is 1. The monoisotopic (exact) mass is 442 g/mol. The molecule has 0 saturated carbocycles. The van der Waals surface area contributed by atoms with E-state index < -0.39 is 23.5 Å². The molecule has 4 rings (SSSR count). The first-order chi connectivity index (χ1) is 15.4. The number of halogens is 3. The Morgan fingerprint density at radius 1 is 0.969 bits per heavy atom. The summed E-state index contributed by atoms with van der Waals surface area (Å²) in [6, 6.07) is 12.4. The summed E-state index contributed by atoms with van der Waals surface area (Å²) in [5.74, 6) is -2.20. The highest BCUT2D eigenvalue weighted by Crippen LogP contribution is 2.27. The fraction of sp³-hybridized carbons (Fsp3) is 0.0909. The van der Waals surface area contributed by atoms with E-state index in [9.17, 15) is 18.0 Å². The average Bonchev–Trinajstić information content (AvgIpc) is 3.17. The number of fused-ring (bicyclic) bond motifs is 1. The number of anilines is 2. The number of aromatic amines is 1. The second kappa shape index (κ2) is 8.88. The quantitative estimate of drug-likeness (QED) is 0.358. The zero-order chi connectivity index (χ0) is 22.7. The van der Waals surface area contributed by atoms with Gasteiger partial charge in [-0.15, -0.1) is 0 Å². The zero-order valence-corrected chi connectivity index (χ0v) is 16.7. The van der Waals surface area contributed by atoms with E-state index in [4.69, 9.17) is 9.47 Å². The fourth-order valence-corrected chi connectivity index (χ4v) is 2.98. The first-order valence-electron chi connectivity index (χ1n) is 9.39. The van der Waals surface area contributed by atoms with Crippen LogP contribution in [-0.4, -0.2) is 23.3 Å². The number of aromatic nitrogens is 2. The van der Waals surface area contributed by atoms with Gasteiger partial charge in [-0.1, -0.05) is 6.07 Å². The van der Waals surface area contributed by atoms with Gasteiger partial charge in [-0.25, -0.2) is 18.0 Å². The lowest BCUT2D eigenvalue weighted by Gasteiger charge is -2.09. The number of carbonyl (C=O) groups is 1. The van der Waals surface area contributed by atoms with Crippen LogP contribution in [0.15, 0.2) is 54.6 Å². The van der Waals surface area contributed by atoms with Crippen LogP contribution in [0.1, 0.15) is 5.56 Å². The van der Waals surface area contributed by atoms with Gasteiger partial charge in [0.2, 0.25) is 0 Å². The highest BCUT2D eigenvalue weighted by molar-refractivity contribution is 6.04. The minimum atomic E-state index is -1.27. The molecule has 0 fully saturated rings. The van der Waals surface area contributed by atoms with Gasteiger partial charge in [0.1, 0.15) is 23.9 Å². The lowest BCUT2D eigenvalue weighted by atomic mass is 10.2. The van der Waals surface area contributed by atoms with Gasteiger partial charge in [-0.3, -0.25) is 10.4 Å². The smallest absolute Gasteiger partial charge is 0.324 e. The van der Waals surface area contributed by atoms with Crippen LogP contribution >= 0.6 is 0 Å². The number of H-pyrrole nitrogens is 1. The summed E-state index contributed by atoms with van der Waals surface area (Å²) >= 11 is 0. The molecule has 3 N–H and O–H groups in total. The molecule has 32 heavy (non-hydrogen) atoms. The van der Waals surface area contributed by atoms with Gasteiger partial charge in [0.15, 0.2) is 17.5 Å². The van der Waals surface area contributed by atoms with Crippen molar-refractivity contribution in [2.75, 3.05) is 17.7 Å². The maximum absolute atomic E-state index is 13.8. The van der Waals surface area contributed by atoms with Crippen molar-refractivity contribution in [3.05, 3.63) is 77.6 Å². The van der Waals surface area contributed by atoms with Gasteiger partial charge in [0, 0.05) is 28.8 Å². The van der Waals surface area contributed by atoms with Crippen LogP contribution in [0.4, 0.5) is 29.5 Å². The lowest BCUT2D eigenvalue weighted by molar-refractivity contribution is 0.262. The highest BCUT2D eigenvalue weighted by atomic mass is 19.2. The van der Waals surface area contributed by atoms with E-state index in [2.05, 4.69) is 20.8 Å². The summed E-state index contributed by atoms with van der Waals surface area (Å²) in [5, 5.41) is 12.7. The first-order valence-corrected chi connectivity index (χ1v) is 9.39. The third kappa shape index (κ3) is 4.59. The molecular weight excluding hydrogens is 425 g/mol. The molecule has 3 aromatic carbocycles. The maximum atomic E-state index is 13.8. The Labute approximate surface area is 180 Å². The third-order valence-electron chi connectivity index (χ3n) is 4.58. The molecule has 0 saturated heterocycles. The summed E-state index contributed by atoms with van der Waals surface area (Å²) in [6.07, 6.45) is 0. The summed E-state index contributed by atoms with van der Waals surface area (Å²) in [6.45, 7) is -0.314. The van der Waals surface area contributed by atoms with Crippen molar-refractivity contribution in [1.29, 1.82) is 0 Å². The molecule has 0 unspecified atom stereocenters.